The molecule has 1 saturated carbocycles. The van der Waals surface area contributed by atoms with E-state index >= 15 is 0 Å². The summed E-state index contributed by atoms with van der Waals surface area (Å²) >= 11 is 0. The summed E-state index contributed by atoms with van der Waals surface area (Å²) in [6.07, 6.45) is 1.64. The lowest BCUT2D eigenvalue weighted by Crippen LogP contribution is -2.44. The molecule has 0 aromatic carbocycles. The quantitative estimate of drug-likeness (QED) is 0.724. The zero-order valence-corrected chi connectivity index (χ0v) is 9.83. The summed E-state index contributed by atoms with van der Waals surface area (Å²) in [5.74, 6) is 0. The molecule has 1 aliphatic carbocycles. The van der Waals surface area contributed by atoms with Gasteiger partial charge in [-0.2, -0.15) is 0 Å². The first-order valence-electron chi connectivity index (χ1n) is 5.97. The summed E-state index contributed by atoms with van der Waals surface area (Å²) in [5.41, 5.74) is 0. The highest BCUT2D eigenvalue weighted by molar-refractivity contribution is 4.82. The van der Waals surface area contributed by atoms with E-state index in [1.165, 1.54) is 0 Å². The molecular formula is C11H22F2N2O. The number of aliphatic hydroxyl groups excluding tert-OH is 1. The first-order valence-corrected chi connectivity index (χ1v) is 5.97. The van der Waals surface area contributed by atoms with E-state index in [1.54, 1.807) is 4.90 Å². The zero-order valence-electron chi connectivity index (χ0n) is 9.83. The molecule has 0 aliphatic heterocycles. The van der Waals surface area contributed by atoms with Crippen molar-refractivity contribution in [3.05, 3.63) is 0 Å². The summed E-state index contributed by atoms with van der Waals surface area (Å²) in [7, 11) is 1.94. The Labute approximate surface area is 95.8 Å². The summed E-state index contributed by atoms with van der Waals surface area (Å²) in [6, 6.07) is 0.740. The van der Waals surface area contributed by atoms with Crippen molar-refractivity contribution in [3.8, 4) is 0 Å². The molecule has 96 valence electrons. The molecule has 0 spiro atoms. The van der Waals surface area contributed by atoms with Crippen LogP contribution in [0.1, 0.15) is 25.7 Å². The number of halogens is 2. The maximum absolute atomic E-state index is 12.4. The number of nitrogens with one attached hydrogen (secondary N) is 1. The van der Waals surface area contributed by atoms with Crippen molar-refractivity contribution in [3.63, 3.8) is 0 Å². The van der Waals surface area contributed by atoms with Gasteiger partial charge >= 0.3 is 0 Å². The van der Waals surface area contributed by atoms with Crippen LogP contribution >= 0.6 is 0 Å². The summed E-state index contributed by atoms with van der Waals surface area (Å²) < 4.78 is 24.7. The number of nitrogens with zero attached hydrogens (tertiary/aromatic N) is 1. The number of alkyl halides is 2. The van der Waals surface area contributed by atoms with Gasteiger partial charge in [0.05, 0.1) is 13.2 Å². The number of hydrogen-bond acceptors (Lipinski definition) is 3. The summed E-state index contributed by atoms with van der Waals surface area (Å²) in [5, 5.41) is 12.1. The molecule has 0 saturated heterocycles. The zero-order chi connectivity index (χ0) is 12.0. The molecule has 3 nitrogen and oxygen atoms in total. The minimum absolute atomic E-state index is 0.0430. The Hall–Kier alpha value is -0.260. The van der Waals surface area contributed by atoms with Crippen LogP contribution in [0.3, 0.4) is 0 Å². The van der Waals surface area contributed by atoms with E-state index in [-0.39, 0.29) is 19.2 Å². The van der Waals surface area contributed by atoms with Crippen LogP contribution in [-0.2, 0) is 0 Å². The lowest BCUT2D eigenvalue weighted by atomic mass is 9.90. The molecule has 1 rings (SSSR count). The predicted octanol–water partition coefficient (Wildman–Crippen LogP) is 1.08. The van der Waals surface area contributed by atoms with Crippen LogP contribution in [0.15, 0.2) is 0 Å². The Morgan fingerprint density at radius 3 is 2.38 bits per heavy atom. The van der Waals surface area contributed by atoms with Crippen molar-refractivity contribution in [2.24, 2.45) is 0 Å². The molecule has 0 aromatic rings. The van der Waals surface area contributed by atoms with E-state index in [0.29, 0.717) is 12.6 Å². The molecule has 1 aliphatic rings. The van der Waals surface area contributed by atoms with Crippen molar-refractivity contribution in [2.45, 2.75) is 44.2 Å². The number of aliphatic hydroxyl groups is 1. The number of hydrogen-bond donors (Lipinski definition) is 2. The van der Waals surface area contributed by atoms with Gasteiger partial charge in [0.2, 0.25) is 0 Å². The Kier molecular flexibility index (Phi) is 6.16. The third-order valence-electron chi connectivity index (χ3n) is 3.38. The minimum Gasteiger partial charge on any atom is -0.395 e. The van der Waals surface area contributed by atoms with Crippen molar-refractivity contribution >= 4 is 0 Å². The fourth-order valence-corrected chi connectivity index (χ4v) is 2.46. The molecule has 1 fully saturated rings. The van der Waals surface area contributed by atoms with Gasteiger partial charge in [-0.15, -0.1) is 0 Å². The molecule has 0 aromatic heterocycles. The van der Waals surface area contributed by atoms with Crippen LogP contribution < -0.4 is 5.32 Å². The fraction of sp³-hybridized carbons (Fsp3) is 1.00. The fourth-order valence-electron chi connectivity index (χ4n) is 2.46. The smallest absolute Gasteiger partial charge is 0.251 e. The second-order valence-electron chi connectivity index (χ2n) is 4.40. The highest BCUT2D eigenvalue weighted by atomic mass is 19.3. The van der Waals surface area contributed by atoms with Crippen molar-refractivity contribution in [1.82, 2.24) is 10.2 Å². The van der Waals surface area contributed by atoms with Gasteiger partial charge in [0.15, 0.2) is 0 Å². The van der Waals surface area contributed by atoms with Gasteiger partial charge in [0.1, 0.15) is 0 Å². The largest absolute Gasteiger partial charge is 0.395 e. The normalized spacial score (nSPS) is 26.6. The molecule has 0 bridgehead atoms. The maximum Gasteiger partial charge on any atom is 0.251 e. The van der Waals surface area contributed by atoms with E-state index < -0.39 is 6.43 Å². The van der Waals surface area contributed by atoms with Crippen LogP contribution in [0.25, 0.3) is 0 Å². The predicted molar refractivity (Wildman–Crippen MR) is 59.8 cm³/mol. The molecule has 2 N–H and O–H groups in total. The summed E-state index contributed by atoms with van der Waals surface area (Å²) in [6.45, 7) is 0.105. The molecule has 5 heteroatoms. The highest BCUT2D eigenvalue weighted by Gasteiger charge is 2.26. The highest BCUT2D eigenvalue weighted by Crippen LogP contribution is 2.23. The topological polar surface area (TPSA) is 35.5 Å². The molecule has 16 heavy (non-hydrogen) atoms. The van der Waals surface area contributed by atoms with E-state index in [9.17, 15) is 8.78 Å². The van der Waals surface area contributed by atoms with Gasteiger partial charge in [0.25, 0.3) is 6.43 Å². The van der Waals surface area contributed by atoms with Crippen molar-refractivity contribution in [2.75, 3.05) is 26.7 Å². The van der Waals surface area contributed by atoms with Gasteiger partial charge in [-0.3, -0.25) is 4.90 Å². The monoisotopic (exact) mass is 236 g/mol. The first kappa shape index (κ1) is 13.8. The van der Waals surface area contributed by atoms with Crippen LogP contribution in [0.5, 0.6) is 0 Å². The van der Waals surface area contributed by atoms with Crippen molar-refractivity contribution in [1.29, 1.82) is 0 Å². The Morgan fingerprint density at radius 2 is 1.94 bits per heavy atom. The average Bonchev–Trinajstić information content (AvgIpc) is 2.28. The van der Waals surface area contributed by atoms with Crippen LogP contribution in [0.2, 0.25) is 0 Å². The second-order valence-corrected chi connectivity index (χ2v) is 4.40. The standard InChI is InChI=1S/C11H22F2N2O/c1-14-9-2-4-10(5-3-9)15(6-7-16)8-11(12)13/h9-11,14,16H,2-8H2,1H3. The molecule has 0 heterocycles. The minimum atomic E-state index is -2.31. The molecule has 0 unspecified atom stereocenters. The average molecular weight is 236 g/mol. The first-order chi connectivity index (χ1) is 7.67. The van der Waals surface area contributed by atoms with E-state index in [4.69, 9.17) is 5.11 Å². The van der Waals surface area contributed by atoms with Crippen LogP contribution in [-0.4, -0.2) is 55.3 Å². The van der Waals surface area contributed by atoms with Gasteiger partial charge < -0.3 is 10.4 Å². The number of rotatable bonds is 6. The molecule has 0 atom stereocenters. The molecular weight excluding hydrogens is 214 g/mol. The van der Waals surface area contributed by atoms with E-state index in [0.717, 1.165) is 25.7 Å². The third kappa shape index (κ3) is 4.31. The second kappa shape index (κ2) is 7.14. The lowest BCUT2D eigenvalue weighted by molar-refractivity contribution is 0.0415. The summed E-state index contributed by atoms with van der Waals surface area (Å²) in [4.78, 5) is 1.73. The Morgan fingerprint density at radius 1 is 1.31 bits per heavy atom. The van der Waals surface area contributed by atoms with Crippen molar-refractivity contribution < 1.29 is 13.9 Å². The van der Waals surface area contributed by atoms with E-state index in [2.05, 4.69) is 5.32 Å². The Bertz CT molecular complexity index is 185. The molecule has 0 amide bonds. The van der Waals surface area contributed by atoms with Crippen LogP contribution in [0.4, 0.5) is 8.78 Å². The van der Waals surface area contributed by atoms with Gasteiger partial charge in [0, 0.05) is 18.6 Å². The Balaban J connectivity index is 2.39. The van der Waals surface area contributed by atoms with Gasteiger partial charge in [-0.1, -0.05) is 0 Å². The molecule has 0 radical (unpaired) electrons. The van der Waals surface area contributed by atoms with Crippen LogP contribution in [0, 0.1) is 0 Å². The van der Waals surface area contributed by atoms with Gasteiger partial charge in [-0.25, -0.2) is 8.78 Å². The van der Waals surface area contributed by atoms with E-state index in [1.807, 2.05) is 7.05 Å². The third-order valence-corrected chi connectivity index (χ3v) is 3.38. The lowest BCUT2D eigenvalue weighted by Gasteiger charge is -2.36. The maximum atomic E-state index is 12.4. The SMILES string of the molecule is CNC1CCC(N(CCO)CC(F)F)CC1. The van der Waals surface area contributed by atoms with Gasteiger partial charge in [-0.05, 0) is 32.7 Å².